The molecule has 0 spiro atoms. The molecule has 0 unspecified atom stereocenters. The number of nitrogens with zero attached hydrogens (tertiary/aromatic N) is 1. The number of phenolic OH excluding ortho intramolecular Hbond substituents is 1. The normalized spacial score (nSPS) is 13.2. The number of hydrogen-bond donors (Lipinski definition) is 11. The molecule has 5 amide bonds. The summed E-state index contributed by atoms with van der Waals surface area (Å²) in [6, 6.07) is 0.121. The predicted octanol–water partition coefficient (Wildman–Crippen LogP) is -3.78. The van der Waals surface area contributed by atoms with E-state index in [9.17, 15) is 48.9 Å². The number of nitrogens with one attached hydrogen (secondary N) is 5. The fourth-order valence-electron chi connectivity index (χ4n) is 4.06. The smallest absolute Gasteiger partial charge is 0.326 e. The number of hydrogen-bond acceptors (Lipinski definition) is 10. The first-order valence-corrected chi connectivity index (χ1v) is 14.5. The van der Waals surface area contributed by atoms with Gasteiger partial charge in [-0.3, -0.25) is 33.8 Å². The molecule has 47 heavy (non-hydrogen) atoms. The van der Waals surface area contributed by atoms with Gasteiger partial charge in [0.15, 0.2) is 5.96 Å². The molecule has 0 aliphatic rings. The van der Waals surface area contributed by atoms with E-state index in [0.717, 1.165) is 0 Å². The zero-order chi connectivity index (χ0) is 35.7. The maximum atomic E-state index is 13.1. The number of aromatic hydroxyl groups is 1. The second kappa shape index (κ2) is 19.8. The average Bonchev–Trinajstić information content (AvgIpc) is 2.99. The second-order valence-electron chi connectivity index (χ2n) is 10.7. The van der Waals surface area contributed by atoms with Crippen LogP contribution >= 0.6 is 0 Å². The molecule has 0 fully saturated rings. The molecule has 19 heteroatoms. The van der Waals surface area contributed by atoms with Crippen molar-refractivity contribution in [3.63, 3.8) is 0 Å². The number of amides is 5. The van der Waals surface area contributed by atoms with E-state index in [1.807, 2.05) is 0 Å². The average molecular weight is 666 g/mol. The highest BCUT2D eigenvalue weighted by molar-refractivity contribution is 5.96. The van der Waals surface area contributed by atoms with Crippen molar-refractivity contribution in [2.24, 2.45) is 28.1 Å². The summed E-state index contributed by atoms with van der Waals surface area (Å²) in [7, 11) is 0. The predicted molar refractivity (Wildman–Crippen MR) is 166 cm³/mol. The van der Waals surface area contributed by atoms with Crippen LogP contribution in [-0.4, -0.2) is 107 Å². The Hall–Kier alpha value is -5.46. The number of rotatable bonds is 20. The van der Waals surface area contributed by atoms with Crippen LogP contribution in [0.1, 0.15) is 38.7 Å². The van der Waals surface area contributed by atoms with E-state index in [1.165, 1.54) is 24.3 Å². The molecule has 0 bridgehead atoms. The zero-order valence-corrected chi connectivity index (χ0v) is 26.0. The highest BCUT2D eigenvalue weighted by atomic mass is 16.4. The van der Waals surface area contributed by atoms with Crippen molar-refractivity contribution in [3.8, 4) is 5.75 Å². The quantitative estimate of drug-likeness (QED) is 0.0362. The molecule has 14 N–H and O–H groups in total. The summed E-state index contributed by atoms with van der Waals surface area (Å²) >= 11 is 0. The number of nitrogens with two attached hydrogens (primary N) is 3. The Morgan fingerprint density at radius 2 is 1.43 bits per heavy atom. The van der Waals surface area contributed by atoms with Crippen molar-refractivity contribution in [2.45, 2.75) is 63.7 Å². The Morgan fingerprint density at radius 1 is 0.809 bits per heavy atom. The van der Waals surface area contributed by atoms with Crippen LogP contribution in [0.3, 0.4) is 0 Å². The summed E-state index contributed by atoms with van der Waals surface area (Å²) in [4.78, 5) is 90.4. The fraction of sp³-hybridized carbons (Fsp3) is 0.500. The summed E-state index contributed by atoms with van der Waals surface area (Å²) < 4.78 is 0. The van der Waals surface area contributed by atoms with Crippen LogP contribution < -0.4 is 43.8 Å². The SMILES string of the molecule is CC(C)[C@H](NC(=O)[C@H](CC(=O)O)NC(=O)CNC(=O)[C@H](CCCN=C(N)N)NC(=O)CN)C(=O)N[C@@H](Cc1ccc(O)cc1)C(=O)O. The van der Waals surface area contributed by atoms with Gasteiger partial charge in [0.05, 0.1) is 19.5 Å². The Morgan fingerprint density at radius 3 is 1.96 bits per heavy atom. The monoisotopic (exact) mass is 665 g/mol. The number of aliphatic imine (C=N–C) groups is 1. The van der Waals surface area contributed by atoms with Crippen molar-refractivity contribution in [3.05, 3.63) is 29.8 Å². The number of carbonyl (C=O) groups is 7. The van der Waals surface area contributed by atoms with Crippen LogP contribution in [0.4, 0.5) is 0 Å². The molecular weight excluding hydrogens is 622 g/mol. The molecule has 19 nitrogen and oxygen atoms in total. The summed E-state index contributed by atoms with van der Waals surface area (Å²) in [5, 5.41) is 40.0. The first-order valence-electron chi connectivity index (χ1n) is 14.5. The summed E-state index contributed by atoms with van der Waals surface area (Å²) in [5.74, 6) is -7.95. The summed E-state index contributed by atoms with van der Waals surface area (Å²) in [5.41, 5.74) is 16.3. The highest BCUT2D eigenvalue weighted by Crippen LogP contribution is 2.12. The molecule has 260 valence electrons. The van der Waals surface area contributed by atoms with E-state index in [4.69, 9.17) is 17.2 Å². The molecule has 1 aromatic carbocycles. The van der Waals surface area contributed by atoms with Gasteiger partial charge in [-0.25, -0.2) is 4.79 Å². The number of phenols is 1. The van der Waals surface area contributed by atoms with Gasteiger partial charge in [0.25, 0.3) is 0 Å². The van der Waals surface area contributed by atoms with Gasteiger partial charge in [0.1, 0.15) is 29.9 Å². The third-order valence-corrected chi connectivity index (χ3v) is 6.47. The number of aliphatic carboxylic acids is 2. The van der Waals surface area contributed by atoms with Crippen LogP contribution in [0, 0.1) is 5.92 Å². The summed E-state index contributed by atoms with van der Waals surface area (Å²) in [6.07, 6.45) is -0.675. The van der Waals surface area contributed by atoms with Gasteiger partial charge in [-0.2, -0.15) is 0 Å². The zero-order valence-electron chi connectivity index (χ0n) is 26.0. The van der Waals surface area contributed by atoms with Crippen molar-refractivity contribution < 1.29 is 48.9 Å². The van der Waals surface area contributed by atoms with Crippen LogP contribution in [-0.2, 0) is 40.0 Å². The van der Waals surface area contributed by atoms with Crippen molar-refractivity contribution in [2.75, 3.05) is 19.6 Å². The number of guanidine groups is 1. The minimum Gasteiger partial charge on any atom is -0.508 e. The van der Waals surface area contributed by atoms with E-state index in [2.05, 4.69) is 31.6 Å². The van der Waals surface area contributed by atoms with Crippen molar-refractivity contribution in [1.29, 1.82) is 0 Å². The molecule has 0 aliphatic heterocycles. The van der Waals surface area contributed by atoms with E-state index in [0.29, 0.717) is 5.56 Å². The third-order valence-electron chi connectivity index (χ3n) is 6.47. The molecule has 0 saturated heterocycles. The van der Waals surface area contributed by atoms with Gasteiger partial charge in [-0.1, -0.05) is 26.0 Å². The minimum absolute atomic E-state index is 0.0335. The number of carbonyl (C=O) groups excluding carboxylic acids is 5. The summed E-state index contributed by atoms with van der Waals surface area (Å²) in [6.45, 7) is 2.14. The van der Waals surface area contributed by atoms with Gasteiger partial charge in [0.2, 0.25) is 29.5 Å². The van der Waals surface area contributed by atoms with E-state index in [-0.39, 0.29) is 37.5 Å². The lowest BCUT2D eigenvalue weighted by Crippen LogP contribution is -2.58. The fourth-order valence-corrected chi connectivity index (χ4v) is 4.06. The lowest BCUT2D eigenvalue weighted by Gasteiger charge is -2.26. The molecular formula is C28H43N9O10. The highest BCUT2D eigenvalue weighted by Gasteiger charge is 2.32. The van der Waals surface area contributed by atoms with Crippen molar-refractivity contribution >= 4 is 47.4 Å². The van der Waals surface area contributed by atoms with Crippen LogP contribution in [0.5, 0.6) is 5.75 Å². The Balaban J connectivity index is 2.93. The third kappa shape index (κ3) is 15.4. The van der Waals surface area contributed by atoms with E-state index < -0.39 is 91.1 Å². The maximum Gasteiger partial charge on any atom is 0.326 e. The van der Waals surface area contributed by atoms with Crippen LogP contribution in [0.15, 0.2) is 29.3 Å². The number of carboxylic acids is 2. The standard InChI is InChI=1S/C28H43N9O10/c1-14(2)23(26(45)36-19(27(46)47)10-15-5-7-16(38)8-6-15)37-25(44)18(11-22(41)42)35-21(40)13-33-24(43)17(34-20(39)12-29)4-3-9-32-28(30)31/h5-8,14,17-19,23,38H,3-4,9-13,29H2,1-2H3,(H,33,43)(H,34,39)(H,35,40)(H,36,45)(H,37,44)(H,41,42)(H,46,47)(H4,30,31,32)/t17-,18-,19-,23-/m0/s1. The van der Waals surface area contributed by atoms with E-state index in [1.54, 1.807) is 13.8 Å². The maximum absolute atomic E-state index is 13.1. The Bertz CT molecular complexity index is 1300. The van der Waals surface area contributed by atoms with Gasteiger partial charge in [-0.05, 0) is 36.5 Å². The number of benzene rings is 1. The topological polar surface area (TPSA) is 331 Å². The molecule has 0 aromatic heterocycles. The molecule has 0 heterocycles. The molecule has 1 rings (SSSR count). The second-order valence-corrected chi connectivity index (χ2v) is 10.7. The van der Waals surface area contributed by atoms with Crippen LogP contribution in [0.2, 0.25) is 0 Å². The Labute approximate surface area is 270 Å². The first kappa shape index (κ1) is 39.6. The molecule has 0 saturated carbocycles. The minimum atomic E-state index is -1.69. The van der Waals surface area contributed by atoms with Gasteiger partial charge >= 0.3 is 11.9 Å². The van der Waals surface area contributed by atoms with Crippen molar-refractivity contribution in [1.82, 2.24) is 26.6 Å². The van der Waals surface area contributed by atoms with Gasteiger partial charge in [-0.15, -0.1) is 0 Å². The largest absolute Gasteiger partial charge is 0.508 e. The van der Waals surface area contributed by atoms with Gasteiger partial charge < -0.3 is 59.1 Å². The van der Waals surface area contributed by atoms with E-state index >= 15 is 0 Å². The Kier molecular flexibility index (Phi) is 16.7. The lowest BCUT2D eigenvalue weighted by molar-refractivity contribution is -0.143. The molecule has 4 atom stereocenters. The lowest BCUT2D eigenvalue weighted by atomic mass is 10.0. The van der Waals surface area contributed by atoms with Gasteiger partial charge in [0, 0.05) is 13.0 Å². The number of carboxylic acid groups (broad SMARTS) is 2. The molecule has 0 aliphatic carbocycles. The molecule has 1 aromatic rings. The molecule has 0 radical (unpaired) electrons. The first-order chi connectivity index (χ1) is 22.0. The van der Waals surface area contributed by atoms with Crippen LogP contribution in [0.25, 0.3) is 0 Å².